The zero-order valence-corrected chi connectivity index (χ0v) is 13.6. The summed E-state index contributed by atoms with van der Waals surface area (Å²) >= 11 is 3.36. The van der Waals surface area contributed by atoms with Gasteiger partial charge in [0, 0.05) is 35.0 Å². The van der Waals surface area contributed by atoms with E-state index < -0.39 is 10.0 Å². The minimum absolute atomic E-state index is 0.292. The molecule has 6 heteroatoms. The number of fused-ring (bicyclic) bond motifs is 1. The van der Waals surface area contributed by atoms with Gasteiger partial charge in [-0.25, -0.2) is 13.1 Å². The van der Waals surface area contributed by atoms with Crippen molar-refractivity contribution >= 4 is 36.7 Å². The number of hydrogen-bond donors (Lipinski definition) is 1. The van der Waals surface area contributed by atoms with Crippen LogP contribution >= 0.6 is 15.9 Å². The zero-order chi connectivity index (χ0) is 14.6. The van der Waals surface area contributed by atoms with Crippen LogP contribution in [0.5, 0.6) is 0 Å². The van der Waals surface area contributed by atoms with Crippen molar-refractivity contribution in [3.05, 3.63) is 36.7 Å². The van der Waals surface area contributed by atoms with Crippen molar-refractivity contribution in [3.63, 3.8) is 0 Å². The number of halogens is 1. The van der Waals surface area contributed by atoms with Gasteiger partial charge in [0.1, 0.15) is 0 Å². The molecule has 1 N–H and O–H groups in total. The Hall–Kier alpha value is -0.980. The van der Waals surface area contributed by atoms with E-state index in [1.165, 1.54) is 0 Å². The third kappa shape index (κ3) is 3.56. The van der Waals surface area contributed by atoms with E-state index in [0.29, 0.717) is 22.7 Å². The van der Waals surface area contributed by atoms with Gasteiger partial charge in [-0.3, -0.25) is 4.98 Å². The average molecular weight is 357 g/mol. The molecule has 0 bridgehead atoms. The minimum Gasteiger partial charge on any atom is -0.264 e. The molecular weight excluding hydrogens is 340 g/mol. The standard InChI is InChI=1S/C14H17BrN2O2S/c1-11(5-7-15)9-17-20(18,19)14-4-2-3-12-10-16-8-6-13(12)14/h2-4,6,8,10-11,17H,5,7,9H2,1H3. The summed E-state index contributed by atoms with van der Waals surface area (Å²) in [6, 6.07) is 6.95. The summed E-state index contributed by atoms with van der Waals surface area (Å²) in [5.74, 6) is 0.292. The molecule has 1 aromatic heterocycles. The van der Waals surface area contributed by atoms with E-state index in [9.17, 15) is 8.42 Å². The highest BCUT2D eigenvalue weighted by Crippen LogP contribution is 2.21. The third-order valence-electron chi connectivity index (χ3n) is 3.15. The molecule has 2 aromatic rings. The molecule has 0 aliphatic rings. The predicted octanol–water partition coefficient (Wildman–Crippen LogP) is 2.93. The number of pyridine rings is 1. The van der Waals surface area contributed by atoms with E-state index in [1.54, 1.807) is 30.6 Å². The van der Waals surface area contributed by atoms with Crippen molar-refractivity contribution in [2.45, 2.75) is 18.2 Å². The van der Waals surface area contributed by atoms with E-state index in [-0.39, 0.29) is 0 Å². The fraction of sp³-hybridized carbons (Fsp3) is 0.357. The molecule has 0 radical (unpaired) electrons. The lowest BCUT2D eigenvalue weighted by molar-refractivity contribution is 0.532. The van der Waals surface area contributed by atoms with Gasteiger partial charge >= 0.3 is 0 Å². The molecule has 1 aromatic carbocycles. The van der Waals surface area contributed by atoms with Crippen LogP contribution in [0.3, 0.4) is 0 Å². The van der Waals surface area contributed by atoms with Crippen molar-refractivity contribution in [3.8, 4) is 0 Å². The fourth-order valence-electron chi connectivity index (χ4n) is 1.95. The molecule has 0 aliphatic carbocycles. The Bertz CT molecular complexity index is 683. The SMILES string of the molecule is CC(CCBr)CNS(=O)(=O)c1cccc2cnccc12. The van der Waals surface area contributed by atoms with Crippen molar-refractivity contribution < 1.29 is 8.42 Å². The molecule has 20 heavy (non-hydrogen) atoms. The number of nitrogens with one attached hydrogen (secondary N) is 1. The molecular formula is C14H17BrN2O2S. The number of rotatable bonds is 6. The normalized spacial score (nSPS) is 13.5. The topological polar surface area (TPSA) is 59.1 Å². The van der Waals surface area contributed by atoms with Crippen molar-refractivity contribution in [1.29, 1.82) is 0 Å². The van der Waals surface area contributed by atoms with Crippen molar-refractivity contribution in [2.24, 2.45) is 5.92 Å². The van der Waals surface area contributed by atoms with Crippen LogP contribution in [0.1, 0.15) is 13.3 Å². The highest BCUT2D eigenvalue weighted by Gasteiger charge is 2.17. The van der Waals surface area contributed by atoms with Crippen LogP contribution in [0, 0.1) is 5.92 Å². The summed E-state index contributed by atoms with van der Waals surface area (Å²) in [5.41, 5.74) is 0. The number of hydrogen-bond acceptors (Lipinski definition) is 3. The second-order valence-corrected chi connectivity index (χ2v) is 7.32. The largest absolute Gasteiger partial charge is 0.264 e. The fourth-order valence-corrected chi connectivity index (χ4v) is 4.12. The summed E-state index contributed by atoms with van der Waals surface area (Å²) < 4.78 is 27.5. The molecule has 1 heterocycles. The summed E-state index contributed by atoms with van der Waals surface area (Å²) in [6.07, 6.45) is 4.21. The Morgan fingerprint density at radius 1 is 1.35 bits per heavy atom. The number of alkyl halides is 1. The Labute approximate surface area is 127 Å². The van der Waals surface area contributed by atoms with Crippen molar-refractivity contribution in [2.75, 3.05) is 11.9 Å². The Kier molecular flexibility index (Phi) is 5.12. The molecule has 0 aliphatic heterocycles. The van der Waals surface area contributed by atoms with Gasteiger partial charge in [-0.05, 0) is 24.5 Å². The van der Waals surface area contributed by atoms with Crippen molar-refractivity contribution in [1.82, 2.24) is 9.71 Å². The van der Waals surface area contributed by atoms with Crippen LogP contribution in [0.2, 0.25) is 0 Å². The lowest BCUT2D eigenvalue weighted by Gasteiger charge is -2.13. The van der Waals surface area contributed by atoms with Gasteiger partial charge in [0.15, 0.2) is 0 Å². The molecule has 0 saturated heterocycles. The molecule has 1 atom stereocenters. The summed E-state index contributed by atoms with van der Waals surface area (Å²) in [4.78, 5) is 4.32. The van der Waals surface area contributed by atoms with E-state index in [4.69, 9.17) is 0 Å². The highest BCUT2D eigenvalue weighted by atomic mass is 79.9. The van der Waals surface area contributed by atoms with E-state index in [0.717, 1.165) is 17.1 Å². The first-order chi connectivity index (χ1) is 9.54. The highest BCUT2D eigenvalue weighted by molar-refractivity contribution is 9.09. The Morgan fingerprint density at radius 3 is 2.90 bits per heavy atom. The smallest absolute Gasteiger partial charge is 0.241 e. The summed E-state index contributed by atoms with van der Waals surface area (Å²) in [6.45, 7) is 2.46. The monoisotopic (exact) mass is 356 g/mol. The van der Waals surface area contributed by atoms with Crippen LogP contribution in [0.25, 0.3) is 10.8 Å². The second kappa shape index (κ2) is 6.65. The maximum atomic E-state index is 12.4. The number of sulfonamides is 1. The van der Waals surface area contributed by atoms with E-state index >= 15 is 0 Å². The average Bonchev–Trinajstić information content (AvgIpc) is 2.45. The predicted molar refractivity (Wildman–Crippen MR) is 84.5 cm³/mol. The number of benzene rings is 1. The lowest BCUT2D eigenvalue weighted by atomic mass is 10.1. The molecule has 0 amide bonds. The van der Waals surface area contributed by atoms with E-state index in [2.05, 4.69) is 25.6 Å². The molecule has 108 valence electrons. The quantitative estimate of drug-likeness (QED) is 0.809. The molecule has 0 fully saturated rings. The second-order valence-electron chi connectivity index (χ2n) is 4.79. The Morgan fingerprint density at radius 2 is 2.15 bits per heavy atom. The van der Waals surface area contributed by atoms with Gasteiger partial charge in [-0.2, -0.15) is 0 Å². The van der Waals surface area contributed by atoms with E-state index in [1.807, 2.05) is 13.0 Å². The zero-order valence-electron chi connectivity index (χ0n) is 11.2. The maximum absolute atomic E-state index is 12.4. The van der Waals surface area contributed by atoms with Gasteiger partial charge in [-0.1, -0.05) is 35.0 Å². The van der Waals surface area contributed by atoms with Crippen LogP contribution < -0.4 is 4.72 Å². The number of aromatic nitrogens is 1. The van der Waals surface area contributed by atoms with Crippen LogP contribution in [-0.2, 0) is 10.0 Å². The van der Waals surface area contributed by atoms with Gasteiger partial charge in [-0.15, -0.1) is 0 Å². The minimum atomic E-state index is -3.49. The third-order valence-corrected chi connectivity index (χ3v) is 5.09. The van der Waals surface area contributed by atoms with Gasteiger partial charge in [0.25, 0.3) is 0 Å². The van der Waals surface area contributed by atoms with Crippen LogP contribution in [0.15, 0.2) is 41.6 Å². The van der Waals surface area contributed by atoms with Gasteiger partial charge < -0.3 is 0 Å². The molecule has 2 rings (SSSR count). The first-order valence-corrected chi connectivity index (χ1v) is 9.03. The Balaban J connectivity index is 2.28. The summed E-state index contributed by atoms with van der Waals surface area (Å²) in [7, 11) is -3.49. The van der Waals surface area contributed by atoms with Gasteiger partial charge in [0.05, 0.1) is 4.90 Å². The van der Waals surface area contributed by atoms with Gasteiger partial charge in [0.2, 0.25) is 10.0 Å². The first kappa shape index (κ1) is 15.4. The maximum Gasteiger partial charge on any atom is 0.241 e. The molecule has 0 spiro atoms. The number of nitrogens with zero attached hydrogens (tertiary/aromatic N) is 1. The van der Waals surface area contributed by atoms with Crippen LogP contribution in [0.4, 0.5) is 0 Å². The first-order valence-electron chi connectivity index (χ1n) is 6.43. The molecule has 4 nitrogen and oxygen atoms in total. The summed E-state index contributed by atoms with van der Waals surface area (Å²) in [5, 5.41) is 2.39. The molecule has 0 saturated carbocycles. The lowest BCUT2D eigenvalue weighted by Crippen LogP contribution is -2.28. The van der Waals surface area contributed by atoms with Crippen LogP contribution in [-0.4, -0.2) is 25.3 Å². The molecule has 1 unspecified atom stereocenters.